The number of nitrogens with one attached hydrogen (secondary N) is 2. The third kappa shape index (κ3) is 4.56. The van der Waals surface area contributed by atoms with E-state index in [-0.39, 0.29) is 18.5 Å². The van der Waals surface area contributed by atoms with Crippen LogP contribution in [0.5, 0.6) is 0 Å². The second-order valence-corrected chi connectivity index (χ2v) is 7.88. The fourth-order valence-electron chi connectivity index (χ4n) is 3.91. The quantitative estimate of drug-likeness (QED) is 0.366. The highest BCUT2D eigenvalue weighted by Crippen LogP contribution is 2.28. The molecule has 5 rings (SSSR count). The SMILES string of the molecule is Cc1cc(NC(=O)CN[C@@H](c2ccccc2)c2cc3ccccc3o2)n(-c2ccccc2)n1. The summed E-state index contributed by atoms with van der Waals surface area (Å²) in [6.45, 7) is 2.01. The fraction of sp³-hybridized carbons (Fsp3) is 0.111. The van der Waals surface area contributed by atoms with Gasteiger partial charge in [0.2, 0.25) is 5.91 Å². The zero-order chi connectivity index (χ0) is 22.6. The molecule has 0 unspecified atom stereocenters. The lowest BCUT2D eigenvalue weighted by Gasteiger charge is -2.17. The van der Waals surface area contributed by atoms with Crippen LogP contribution in [0.3, 0.4) is 0 Å². The monoisotopic (exact) mass is 436 g/mol. The van der Waals surface area contributed by atoms with Crippen molar-refractivity contribution in [3.8, 4) is 5.69 Å². The Balaban J connectivity index is 1.36. The number of hydrogen-bond donors (Lipinski definition) is 2. The molecular weight excluding hydrogens is 412 g/mol. The Morgan fingerprint density at radius 3 is 2.39 bits per heavy atom. The lowest BCUT2D eigenvalue weighted by molar-refractivity contribution is -0.115. The van der Waals surface area contributed by atoms with Crippen LogP contribution in [0, 0.1) is 6.92 Å². The van der Waals surface area contributed by atoms with Crippen LogP contribution in [-0.4, -0.2) is 22.2 Å². The number of nitrogens with zero attached hydrogens (tertiary/aromatic N) is 2. The van der Waals surface area contributed by atoms with Gasteiger partial charge in [0.1, 0.15) is 17.2 Å². The topological polar surface area (TPSA) is 72.1 Å². The van der Waals surface area contributed by atoms with Crippen LogP contribution in [0.25, 0.3) is 16.7 Å². The highest BCUT2D eigenvalue weighted by molar-refractivity contribution is 5.92. The van der Waals surface area contributed by atoms with Crippen LogP contribution < -0.4 is 10.6 Å². The molecule has 0 saturated heterocycles. The normalized spacial score (nSPS) is 12.0. The van der Waals surface area contributed by atoms with Crippen molar-refractivity contribution in [2.75, 3.05) is 11.9 Å². The van der Waals surface area contributed by atoms with Crippen molar-refractivity contribution in [1.82, 2.24) is 15.1 Å². The van der Waals surface area contributed by atoms with Gasteiger partial charge in [-0.1, -0.05) is 66.7 Å². The zero-order valence-electron chi connectivity index (χ0n) is 18.2. The van der Waals surface area contributed by atoms with E-state index in [9.17, 15) is 4.79 Å². The number of anilines is 1. The number of hydrogen-bond acceptors (Lipinski definition) is 4. The first-order chi connectivity index (χ1) is 16.2. The number of furan rings is 1. The van der Waals surface area contributed by atoms with E-state index in [4.69, 9.17) is 4.42 Å². The summed E-state index contributed by atoms with van der Waals surface area (Å²) in [4.78, 5) is 12.9. The lowest BCUT2D eigenvalue weighted by Crippen LogP contribution is -2.32. The molecule has 2 aromatic heterocycles. The number of aromatic nitrogens is 2. The molecule has 0 aliphatic heterocycles. The third-order valence-corrected chi connectivity index (χ3v) is 5.43. The van der Waals surface area contributed by atoms with Gasteiger partial charge in [-0.2, -0.15) is 5.10 Å². The van der Waals surface area contributed by atoms with Crippen LogP contribution >= 0.6 is 0 Å². The van der Waals surface area contributed by atoms with Crippen molar-refractivity contribution >= 4 is 22.7 Å². The number of amides is 1. The summed E-state index contributed by atoms with van der Waals surface area (Å²) in [5, 5.41) is 11.9. The molecule has 5 aromatic rings. The molecule has 6 nitrogen and oxygen atoms in total. The molecule has 0 radical (unpaired) electrons. The van der Waals surface area contributed by atoms with E-state index in [2.05, 4.69) is 15.7 Å². The van der Waals surface area contributed by atoms with E-state index in [1.807, 2.05) is 104 Å². The minimum atomic E-state index is -0.259. The summed E-state index contributed by atoms with van der Waals surface area (Å²) in [6.07, 6.45) is 0. The van der Waals surface area contributed by atoms with E-state index >= 15 is 0 Å². The molecule has 164 valence electrons. The lowest BCUT2D eigenvalue weighted by atomic mass is 10.0. The van der Waals surface area contributed by atoms with E-state index in [1.165, 1.54) is 0 Å². The molecule has 0 fully saturated rings. The largest absolute Gasteiger partial charge is 0.459 e. The summed E-state index contributed by atoms with van der Waals surface area (Å²) in [5.41, 5.74) is 3.56. The van der Waals surface area contributed by atoms with Crippen molar-refractivity contribution in [2.45, 2.75) is 13.0 Å². The summed E-state index contributed by atoms with van der Waals surface area (Å²) in [5.74, 6) is 1.23. The molecule has 0 aliphatic carbocycles. The van der Waals surface area contributed by atoms with Crippen LogP contribution in [0.15, 0.2) is 101 Å². The number of rotatable bonds is 7. The van der Waals surface area contributed by atoms with Gasteiger partial charge in [-0.05, 0) is 36.8 Å². The Morgan fingerprint density at radius 1 is 0.939 bits per heavy atom. The maximum absolute atomic E-state index is 12.9. The predicted octanol–water partition coefficient (Wildman–Crippen LogP) is 5.24. The summed E-state index contributed by atoms with van der Waals surface area (Å²) < 4.78 is 7.84. The van der Waals surface area contributed by atoms with E-state index in [0.29, 0.717) is 5.82 Å². The number of fused-ring (bicyclic) bond motifs is 1. The second-order valence-electron chi connectivity index (χ2n) is 7.88. The fourth-order valence-corrected chi connectivity index (χ4v) is 3.91. The van der Waals surface area contributed by atoms with E-state index in [0.717, 1.165) is 33.7 Å². The predicted molar refractivity (Wildman–Crippen MR) is 129 cm³/mol. The number of carbonyl (C=O) groups is 1. The molecule has 1 atom stereocenters. The van der Waals surface area contributed by atoms with Crippen LogP contribution in [0.1, 0.15) is 23.1 Å². The van der Waals surface area contributed by atoms with Gasteiger partial charge in [0.15, 0.2) is 0 Å². The smallest absolute Gasteiger partial charge is 0.239 e. The Labute approximate surface area is 191 Å². The van der Waals surface area contributed by atoms with E-state index < -0.39 is 0 Å². The van der Waals surface area contributed by atoms with Crippen LogP contribution in [0.2, 0.25) is 0 Å². The average Bonchev–Trinajstić information content (AvgIpc) is 3.43. The van der Waals surface area contributed by atoms with Gasteiger partial charge in [0.25, 0.3) is 0 Å². The third-order valence-electron chi connectivity index (χ3n) is 5.43. The Morgan fingerprint density at radius 2 is 1.64 bits per heavy atom. The molecule has 0 aliphatic rings. The summed E-state index contributed by atoms with van der Waals surface area (Å²) in [7, 11) is 0. The molecule has 2 N–H and O–H groups in total. The first-order valence-electron chi connectivity index (χ1n) is 10.9. The minimum Gasteiger partial charge on any atom is -0.459 e. The Hall–Kier alpha value is -4.16. The van der Waals surface area contributed by atoms with Crippen molar-refractivity contribution in [1.29, 1.82) is 0 Å². The van der Waals surface area contributed by atoms with Crippen molar-refractivity contribution in [3.05, 3.63) is 114 Å². The number of benzene rings is 3. The van der Waals surface area contributed by atoms with Gasteiger partial charge in [-0.25, -0.2) is 4.68 Å². The van der Waals surface area contributed by atoms with E-state index in [1.54, 1.807) is 4.68 Å². The van der Waals surface area contributed by atoms with Crippen LogP contribution in [0.4, 0.5) is 5.82 Å². The second kappa shape index (κ2) is 9.14. The Bertz CT molecular complexity index is 1340. The van der Waals surface area contributed by atoms with Gasteiger partial charge in [0.05, 0.1) is 24.0 Å². The number of para-hydroxylation sites is 2. The first-order valence-corrected chi connectivity index (χ1v) is 10.9. The maximum Gasteiger partial charge on any atom is 0.239 e. The van der Waals surface area contributed by atoms with Crippen molar-refractivity contribution in [3.63, 3.8) is 0 Å². The standard InChI is InChI=1S/C27H24N4O2/c1-19-16-25(31(30-19)22-13-6-3-7-14-22)29-26(32)18-28-27(20-10-4-2-5-11-20)24-17-21-12-8-9-15-23(21)33-24/h2-17,27-28H,18H2,1H3,(H,29,32)/t27-/m0/s1. The maximum atomic E-state index is 12.9. The highest BCUT2D eigenvalue weighted by Gasteiger charge is 2.20. The molecule has 3 aromatic carbocycles. The van der Waals surface area contributed by atoms with Gasteiger partial charge < -0.3 is 9.73 Å². The first kappa shape index (κ1) is 20.7. The number of aryl methyl sites for hydroxylation is 1. The molecule has 0 saturated carbocycles. The van der Waals surface area contributed by atoms with Crippen molar-refractivity contribution in [2.24, 2.45) is 0 Å². The molecule has 6 heteroatoms. The Kier molecular flexibility index (Phi) is 5.74. The van der Waals surface area contributed by atoms with Gasteiger partial charge in [-0.3, -0.25) is 10.1 Å². The molecule has 33 heavy (non-hydrogen) atoms. The van der Waals surface area contributed by atoms with Gasteiger partial charge >= 0.3 is 0 Å². The molecular formula is C27H24N4O2. The molecule has 0 spiro atoms. The zero-order valence-corrected chi connectivity index (χ0v) is 18.2. The number of carbonyl (C=O) groups excluding carboxylic acids is 1. The molecule has 0 bridgehead atoms. The highest BCUT2D eigenvalue weighted by atomic mass is 16.3. The van der Waals surface area contributed by atoms with Gasteiger partial charge in [0, 0.05) is 11.5 Å². The van der Waals surface area contributed by atoms with Crippen LogP contribution in [-0.2, 0) is 4.79 Å². The van der Waals surface area contributed by atoms with Gasteiger partial charge in [-0.15, -0.1) is 0 Å². The molecule has 1 amide bonds. The summed E-state index contributed by atoms with van der Waals surface area (Å²) >= 11 is 0. The molecule has 2 heterocycles. The minimum absolute atomic E-state index is 0.107. The average molecular weight is 437 g/mol. The summed E-state index contributed by atoms with van der Waals surface area (Å²) in [6, 6.07) is 31.2. The van der Waals surface area contributed by atoms with Crippen molar-refractivity contribution < 1.29 is 9.21 Å².